The third kappa shape index (κ3) is 7.74. The van der Waals surface area contributed by atoms with Crippen molar-refractivity contribution in [2.75, 3.05) is 0 Å². The van der Waals surface area contributed by atoms with Crippen LogP contribution in [-0.2, 0) is 59.1 Å². The maximum Gasteiger partial charge on any atom is 1.00 e. The molecule has 1 radical (unpaired) electrons. The molecule has 0 bridgehead atoms. The van der Waals surface area contributed by atoms with Crippen LogP contribution in [0.3, 0.4) is 0 Å². The maximum absolute atomic E-state index is 10.1. The van der Waals surface area contributed by atoms with Crippen molar-refractivity contribution >= 4 is 17.9 Å². The van der Waals surface area contributed by atoms with Gasteiger partial charge in [0.15, 0.2) is 0 Å². The van der Waals surface area contributed by atoms with Crippen LogP contribution >= 0.6 is 0 Å². The summed E-state index contributed by atoms with van der Waals surface area (Å²) in [6.07, 6.45) is -2.72. The third-order valence-electron chi connectivity index (χ3n) is 1.25. The Labute approximate surface area is 118 Å². The van der Waals surface area contributed by atoms with Gasteiger partial charge in [-0.25, -0.2) is 0 Å². The molecule has 0 amide bonds. The first-order chi connectivity index (χ1) is 5.78. The fourth-order valence-corrected chi connectivity index (χ4v) is 0.684. The Morgan fingerprint density at radius 1 is 1.07 bits per heavy atom. The normalized spacial score (nSPS) is 9.40. The molecular formula is C6H7Ag2O7. The molecule has 95 valence electrons. The van der Waals surface area contributed by atoms with Gasteiger partial charge in [0.1, 0.15) is 5.60 Å². The maximum atomic E-state index is 10.1. The van der Waals surface area contributed by atoms with Gasteiger partial charge in [0.2, 0.25) is 0 Å². The summed E-state index contributed by atoms with van der Waals surface area (Å²) in [6, 6.07) is 0. The van der Waals surface area contributed by atoms with Crippen LogP contribution in [0.5, 0.6) is 0 Å². The minimum Gasteiger partial charge on any atom is -0.550 e. The van der Waals surface area contributed by atoms with E-state index in [4.69, 9.17) is 5.11 Å². The fourth-order valence-electron chi connectivity index (χ4n) is 0.684. The first-order valence-electron chi connectivity index (χ1n) is 3.11. The van der Waals surface area contributed by atoms with Crippen molar-refractivity contribution in [3.05, 3.63) is 0 Å². The molecule has 0 aliphatic carbocycles. The number of carboxylic acids is 3. The summed E-state index contributed by atoms with van der Waals surface area (Å²) in [5.74, 6) is -5.98. The van der Waals surface area contributed by atoms with Crippen LogP contribution in [0.4, 0.5) is 0 Å². The zero-order valence-electron chi connectivity index (χ0n) is 8.91. The second-order valence-electron chi connectivity index (χ2n) is 2.42. The molecule has 0 spiro atoms. The van der Waals surface area contributed by atoms with Crippen LogP contribution in [0, 0.1) is 0 Å². The van der Waals surface area contributed by atoms with E-state index in [0.717, 1.165) is 0 Å². The number of carboxylic acid groups (broad SMARTS) is 3. The van der Waals surface area contributed by atoms with Crippen molar-refractivity contribution in [3.8, 4) is 0 Å². The largest absolute Gasteiger partial charge is 1.00 e. The van der Waals surface area contributed by atoms with Gasteiger partial charge in [-0.15, -0.1) is 0 Å². The molecule has 0 saturated heterocycles. The number of hydrogen-bond acceptors (Lipinski definition) is 7. The summed E-state index contributed by atoms with van der Waals surface area (Å²) in [5.41, 5.74) is -2.97. The topological polar surface area (TPSA) is 141 Å². The molecule has 15 heavy (non-hydrogen) atoms. The number of carbonyl (C=O) groups is 3. The van der Waals surface area contributed by atoms with Crippen molar-refractivity contribution in [2.45, 2.75) is 18.4 Å². The van der Waals surface area contributed by atoms with Gasteiger partial charge in [0.25, 0.3) is 0 Å². The molecule has 0 fully saturated rings. The number of carbonyl (C=O) groups excluding carboxylic acids is 3. The summed E-state index contributed by atoms with van der Waals surface area (Å²) >= 11 is 0. The van der Waals surface area contributed by atoms with Crippen molar-refractivity contribution in [2.24, 2.45) is 0 Å². The van der Waals surface area contributed by atoms with Crippen LogP contribution in [-0.4, -0.2) is 28.6 Å². The van der Waals surface area contributed by atoms with Gasteiger partial charge in [-0.05, 0) is 0 Å². The van der Waals surface area contributed by atoms with Crippen LogP contribution < -0.4 is 15.3 Å². The van der Waals surface area contributed by atoms with Gasteiger partial charge < -0.3 is 34.8 Å². The molecule has 0 aromatic rings. The summed E-state index contributed by atoms with van der Waals surface area (Å²) in [5, 5.41) is 38.9. The van der Waals surface area contributed by atoms with Crippen molar-refractivity contribution in [3.63, 3.8) is 0 Å². The fraction of sp³-hybridized carbons (Fsp3) is 0.500. The first kappa shape index (κ1) is 20.3. The molecule has 0 aromatic carbocycles. The van der Waals surface area contributed by atoms with Crippen molar-refractivity contribution < 1.29 is 82.4 Å². The van der Waals surface area contributed by atoms with Gasteiger partial charge in [0, 0.05) is 47.2 Å². The number of rotatable bonds is 5. The SMILES string of the molecule is O=C([O-])CC(O)(CC(=O)[O-])C(=O)[O-].[Ag+].[Ag].[H+].[H+]. The molecule has 0 aromatic heterocycles. The zero-order chi connectivity index (χ0) is 10.6. The third-order valence-corrected chi connectivity index (χ3v) is 1.25. The predicted molar refractivity (Wildman–Crippen MR) is 31.4 cm³/mol. The standard InChI is InChI=1S/C6H8O7.2Ag/c7-3(8)1-6(13,5(11)12)2-4(9)10;;/h13H,1-2H2,(H,7,8)(H,9,10)(H,11,12);;/q;;+1/p-1. The van der Waals surface area contributed by atoms with E-state index in [-0.39, 0.29) is 47.6 Å². The molecule has 0 atom stereocenters. The van der Waals surface area contributed by atoms with Gasteiger partial charge in [-0.2, -0.15) is 0 Å². The van der Waals surface area contributed by atoms with Crippen LogP contribution in [0.1, 0.15) is 15.7 Å². The molecule has 0 rings (SSSR count). The minimum absolute atomic E-state index is 0. The molecule has 0 saturated carbocycles. The van der Waals surface area contributed by atoms with E-state index in [2.05, 4.69) is 0 Å². The second-order valence-corrected chi connectivity index (χ2v) is 2.42. The van der Waals surface area contributed by atoms with Crippen LogP contribution in [0.15, 0.2) is 0 Å². The molecule has 7 nitrogen and oxygen atoms in total. The monoisotopic (exact) mass is 405 g/mol. The molecule has 0 unspecified atom stereocenters. The molecule has 1 N–H and O–H groups in total. The average Bonchev–Trinajstić information content (AvgIpc) is 1.82. The van der Waals surface area contributed by atoms with E-state index in [0.29, 0.717) is 0 Å². The van der Waals surface area contributed by atoms with Crippen molar-refractivity contribution in [1.82, 2.24) is 0 Å². The Balaban J connectivity index is -0.000000120. The summed E-state index contributed by atoms with van der Waals surface area (Å²) in [6.45, 7) is 0. The Morgan fingerprint density at radius 3 is 1.47 bits per heavy atom. The van der Waals surface area contributed by atoms with E-state index in [9.17, 15) is 29.7 Å². The number of aliphatic hydroxyl groups is 1. The van der Waals surface area contributed by atoms with Gasteiger partial charge >= 0.3 is 25.2 Å². The van der Waals surface area contributed by atoms with E-state index in [1.165, 1.54) is 0 Å². The van der Waals surface area contributed by atoms with E-state index < -0.39 is 36.4 Å². The Kier molecular flexibility index (Phi) is 10.9. The quantitative estimate of drug-likeness (QED) is 0.450. The smallest absolute Gasteiger partial charge is 0.550 e. The van der Waals surface area contributed by atoms with Crippen molar-refractivity contribution in [1.29, 1.82) is 0 Å². The molecule has 0 aliphatic rings. The first-order valence-corrected chi connectivity index (χ1v) is 3.11. The average molecular weight is 407 g/mol. The van der Waals surface area contributed by atoms with Gasteiger partial charge in [-0.3, -0.25) is 0 Å². The van der Waals surface area contributed by atoms with E-state index in [1.54, 1.807) is 0 Å². The Bertz CT molecular complexity index is 245. The summed E-state index contributed by atoms with van der Waals surface area (Å²) in [7, 11) is 0. The molecule has 0 aliphatic heterocycles. The Hall–Kier alpha value is -0.149. The number of hydrogen-bond donors (Lipinski definition) is 1. The summed E-state index contributed by atoms with van der Waals surface area (Å²) in [4.78, 5) is 30.0. The summed E-state index contributed by atoms with van der Waals surface area (Å²) < 4.78 is 0. The van der Waals surface area contributed by atoms with Gasteiger partial charge in [0.05, 0.1) is 5.97 Å². The minimum atomic E-state index is -2.97. The van der Waals surface area contributed by atoms with Crippen LogP contribution in [0.25, 0.3) is 0 Å². The molecule has 9 heteroatoms. The van der Waals surface area contributed by atoms with E-state index >= 15 is 0 Å². The molecular weight excluding hydrogens is 400 g/mol. The second kappa shape index (κ2) is 8.06. The van der Waals surface area contributed by atoms with Crippen LogP contribution in [0.2, 0.25) is 0 Å². The molecule has 0 heterocycles. The number of aliphatic carboxylic acids is 3. The predicted octanol–water partition coefficient (Wildman–Crippen LogP) is -5.03. The Morgan fingerprint density at radius 2 is 1.33 bits per heavy atom. The zero-order valence-corrected chi connectivity index (χ0v) is 9.88. The van der Waals surface area contributed by atoms with E-state index in [1.807, 2.05) is 0 Å². The van der Waals surface area contributed by atoms with Gasteiger partial charge in [-0.1, -0.05) is 0 Å².